The number of nitrogens with zero attached hydrogens (tertiary/aromatic N) is 3. The van der Waals surface area contributed by atoms with Crippen molar-refractivity contribution < 1.29 is 31.1 Å². The predicted octanol–water partition coefficient (Wildman–Crippen LogP) is 4.08. The lowest BCUT2D eigenvalue weighted by Crippen LogP contribution is -2.48. The van der Waals surface area contributed by atoms with Crippen LogP contribution in [0.4, 0.5) is 32.0 Å². The summed E-state index contributed by atoms with van der Waals surface area (Å²) in [5, 5.41) is 0. The third-order valence-electron chi connectivity index (χ3n) is 4.41. The third kappa shape index (κ3) is 4.37. The Bertz CT molecular complexity index is 840. The standard InChI is InChI=1S/C18H15F6N3O/c19-17(20,21)13-2-1-3-14(10-13)26-6-8-27(9-7-26)16(28)12-4-5-15(25-11-12)18(22,23)24/h1-5,10-11H,6-9H2. The lowest BCUT2D eigenvalue weighted by atomic mass is 10.1. The van der Waals surface area contributed by atoms with Gasteiger partial charge in [-0.3, -0.25) is 9.78 Å². The van der Waals surface area contributed by atoms with Gasteiger partial charge in [-0.1, -0.05) is 6.07 Å². The first-order chi connectivity index (χ1) is 13.1. The van der Waals surface area contributed by atoms with Gasteiger partial charge in [-0.2, -0.15) is 26.3 Å². The second kappa shape index (κ2) is 7.33. The molecule has 1 saturated heterocycles. The van der Waals surface area contributed by atoms with Crippen molar-refractivity contribution in [3.8, 4) is 0 Å². The van der Waals surface area contributed by atoms with Gasteiger partial charge in [0.25, 0.3) is 5.91 Å². The Morgan fingerprint density at radius 2 is 1.57 bits per heavy atom. The zero-order valence-electron chi connectivity index (χ0n) is 14.4. The smallest absolute Gasteiger partial charge is 0.368 e. The van der Waals surface area contributed by atoms with Gasteiger partial charge in [-0.15, -0.1) is 0 Å². The van der Waals surface area contributed by atoms with Crippen LogP contribution in [0.3, 0.4) is 0 Å². The van der Waals surface area contributed by atoms with Crippen LogP contribution in [0.2, 0.25) is 0 Å². The zero-order chi connectivity index (χ0) is 20.5. The summed E-state index contributed by atoms with van der Waals surface area (Å²) < 4.78 is 76.2. The summed E-state index contributed by atoms with van der Waals surface area (Å²) in [6.45, 7) is 1.08. The van der Waals surface area contributed by atoms with Crippen molar-refractivity contribution in [3.05, 3.63) is 59.4 Å². The van der Waals surface area contributed by atoms with Crippen molar-refractivity contribution in [1.82, 2.24) is 9.88 Å². The Balaban J connectivity index is 1.64. The number of hydrogen-bond acceptors (Lipinski definition) is 3. The summed E-state index contributed by atoms with van der Waals surface area (Å²) in [6.07, 6.45) is -8.15. The van der Waals surface area contributed by atoms with Crippen molar-refractivity contribution in [2.45, 2.75) is 12.4 Å². The molecule has 0 N–H and O–H groups in total. The molecule has 150 valence electrons. The van der Waals surface area contributed by atoms with Crippen LogP contribution in [0, 0.1) is 0 Å². The molecule has 10 heteroatoms. The largest absolute Gasteiger partial charge is 0.433 e. The molecule has 2 aromatic rings. The molecule has 1 aliphatic rings. The highest BCUT2D eigenvalue weighted by Gasteiger charge is 2.33. The summed E-state index contributed by atoms with van der Waals surface area (Å²) in [5.74, 6) is -0.468. The van der Waals surface area contributed by atoms with Crippen molar-refractivity contribution in [2.75, 3.05) is 31.1 Å². The van der Waals surface area contributed by atoms with Gasteiger partial charge in [0.2, 0.25) is 0 Å². The van der Waals surface area contributed by atoms with E-state index in [1.165, 1.54) is 11.0 Å². The van der Waals surface area contributed by atoms with E-state index in [0.29, 0.717) is 18.8 Å². The average molecular weight is 403 g/mol. The number of carbonyl (C=O) groups excluding carboxylic acids is 1. The molecule has 0 unspecified atom stereocenters. The summed E-state index contributed by atoms with van der Waals surface area (Å²) in [6, 6.07) is 6.73. The summed E-state index contributed by atoms with van der Waals surface area (Å²) in [5.41, 5.74) is -1.41. The third-order valence-corrected chi connectivity index (χ3v) is 4.41. The van der Waals surface area contributed by atoms with Crippen molar-refractivity contribution in [2.24, 2.45) is 0 Å². The molecule has 0 saturated carbocycles. The van der Waals surface area contributed by atoms with E-state index in [1.54, 1.807) is 11.0 Å². The molecule has 0 bridgehead atoms. The highest BCUT2D eigenvalue weighted by atomic mass is 19.4. The van der Waals surface area contributed by atoms with Crippen LogP contribution in [-0.2, 0) is 12.4 Å². The van der Waals surface area contributed by atoms with E-state index in [9.17, 15) is 31.1 Å². The van der Waals surface area contributed by atoms with Crippen LogP contribution in [0.25, 0.3) is 0 Å². The molecule has 3 rings (SSSR count). The number of halogens is 6. The molecule has 1 aliphatic heterocycles. The molecule has 2 heterocycles. The maximum atomic E-state index is 12.8. The molecular weight excluding hydrogens is 388 g/mol. The summed E-state index contributed by atoms with van der Waals surface area (Å²) in [7, 11) is 0. The molecule has 0 radical (unpaired) electrons. The van der Waals surface area contributed by atoms with Crippen LogP contribution in [0.5, 0.6) is 0 Å². The molecule has 1 aromatic carbocycles. The SMILES string of the molecule is O=C(c1ccc(C(F)(F)F)nc1)N1CCN(c2cccc(C(F)(F)F)c2)CC1. The van der Waals surface area contributed by atoms with Gasteiger partial charge >= 0.3 is 12.4 Å². The minimum Gasteiger partial charge on any atom is -0.368 e. The minimum atomic E-state index is -4.59. The molecule has 1 amide bonds. The van der Waals surface area contributed by atoms with Gasteiger partial charge in [0, 0.05) is 38.1 Å². The molecule has 0 spiro atoms. The number of amides is 1. The Hall–Kier alpha value is -2.78. The average Bonchev–Trinajstić information content (AvgIpc) is 2.66. The zero-order valence-corrected chi connectivity index (χ0v) is 14.4. The molecule has 1 fully saturated rings. The first-order valence-corrected chi connectivity index (χ1v) is 8.30. The van der Waals surface area contributed by atoms with E-state index in [0.717, 1.165) is 30.5 Å². The number of hydrogen-bond donors (Lipinski definition) is 0. The second-order valence-corrected chi connectivity index (χ2v) is 6.26. The fourth-order valence-corrected chi connectivity index (χ4v) is 2.92. The van der Waals surface area contributed by atoms with E-state index in [-0.39, 0.29) is 18.7 Å². The van der Waals surface area contributed by atoms with Gasteiger partial charge < -0.3 is 9.80 Å². The number of anilines is 1. The lowest BCUT2D eigenvalue weighted by molar-refractivity contribution is -0.141. The van der Waals surface area contributed by atoms with Crippen LogP contribution >= 0.6 is 0 Å². The number of piperazine rings is 1. The Morgan fingerprint density at radius 3 is 2.11 bits per heavy atom. The second-order valence-electron chi connectivity index (χ2n) is 6.26. The van der Waals surface area contributed by atoms with E-state index < -0.39 is 29.5 Å². The quantitative estimate of drug-likeness (QED) is 0.709. The Labute approximate surface area is 156 Å². The fourth-order valence-electron chi connectivity index (χ4n) is 2.92. The van der Waals surface area contributed by atoms with Crippen LogP contribution < -0.4 is 4.90 Å². The first-order valence-electron chi connectivity index (χ1n) is 8.30. The highest BCUT2D eigenvalue weighted by Crippen LogP contribution is 2.32. The Kier molecular flexibility index (Phi) is 5.22. The van der Waals surface area contributed by atoms with Gasteiger partial charge in [-0.25, -0.2) is 0 Å². The lowest BCUT2D eigenvalue weighted by Gasteiger charge is -2.36. The van der Waals surface area contributed by atoms with Crippen LogP contribution in [0.15, 0.2) is 42.6 Å². The van der Waals surface area contributed by atoms with E-state index >= 15 is 0 Å². The molecule has 28 heavy (non-hydrogen) atoms. The normalized spacial score (nSPS) is 15.6. The van der Waals surface area contributed by atoms with Gasteiger partial charge in [0.1, 0.15) is 5.69 Å². The number of benzene rings is 1. The van der Waals surface area contributed by atoms with Gasteiger partial charge in [0.05, 0.1) is 11.1 Å². The predicted molar refractivity (Wildman–Crippen MR) is 88.8 cm³/mol. The fraction of sp³-hybridized carbons (Fsp3) is 0.333. The van der Waals surface area contributed by atoms with Crippen molar-refractivity contribution >= 4 is 11.6 Å². The van der Waals surface area contributed by atoms with Crippen LogP contribution in [0.1, 0.15) is 21.6 Å². The Morgan fingerprint density at radius 1 is 0.893 bits per heavy atom. The summed E-state index contributed by atoms with van der Waals surface area (Å²) in [4.78, 5) is 18.9. The van der Waals surface area contributed by atoms with Crippen molar-refractivity contribution in [1.29, 1.82) is 0 Å². The van der Waals surface area contributed by atoms with Gasteiger partial charge in [-0.05, 0) is 30.3 Å². The molecule has 1 aromatic heterocycles. The van der Waals surface area contributed by atoms with Gasteiger partial charge in [0.15, 0.2) is 0 Å². The maximum absolute atomic E-state index is 12.8. The monoisotopic (exact) mass is 403 g/mol. The van der Waals surface area contributed by atoms with Crippen molar-refractivity contribution in [3.63, 3.8) is 0 Å². The minimum absolute atomic E-state index is 0.0283. The molecular formula is C18H15F6N3O. The number of aromatic nitrogens is 1. The number of carbonyl (C=O) groups is 1. The summed E-state index contributed by atoms with van der Waals surface area (Å²) >= 11 is 0. The highest BCUT2D eigenvalue weighted by molar-refractivity contribution is 5.94. The molecule has 4 nitrogen and oxygen atoms in total. The number of rotatable bonds is 2. The molecule has 0 aliphatic carbocycles. The van der Waals surface area contributed by atoms with E-state index in [2.05, 4.69) is 4.98 Å². The van der Waals surface area contributed by atoms with E-state index in [1.807, 2.05) is 0 Å². The number of pyridine rings is 1. The molecule has 0 atom stereocenters. The topological polar surface area (TPSA) is 36.4 Å². The van der Waals surface area contributed by atoms with Crippen LogP contribution in [-0.4, -0.2) is 42.0 Å². The number of alkyl halides is 6. The first kappa shape index (κ1) is 20.0. The van der Waals surface area contributed by atoms with E-state index in [4.69, 9.17) is 0 Å². The maximum Gasteiger partial charge on any atom is 0.433 e.